The van der Waals surface area contributed by atoms with Crippen molar-refractivity contribution in [2.75, 3.05) is 21.3 Å². The number of halogens is 17. The molecule has 0 saturated heterocycles. The molecule has 0 aliphatic heterocycles. The highest BCUT2D eigenvalue weighted by Gasteiger charge is 2.40. The standard InChI is InChI=1S/C16H18.C12H12F6.C12H18O2.C11H11Cl2F3.C11H14Cl2.C11H15ClO.C10H11Cl3/c1-16(2,3)15-12-8-7-11-14(15)13-9-5-4-6-10-13;1-10(2,3)8-5-4-7(11(13,14)15)6-9(8)12(16,17)18;1-12(2,3)10-8-9(13-4)6-7-11(10)14-5;1-10(2,3)9-7(12)4-6(5-8(9)13)11(14,15)16;1-7-5-8(12)10(9(13)6-7)11(2,3)4;1-11(2,3)9-7-8(12)5-6-10(9)13-4;1-10(2,3)9-7(12)4-6(11)5-8(9)13/h4-12H,1-3H3;4-6H,1-3H3;6-8H,1-5H3;4-5H,1-3H3;5-6H,1-4H3;5-7H,1-4H3;4-5H,1-3H3. The van der Waals surface area contributed by atoms with Gasteiger partial charge in [0, 0.05) is 51.3 Å². The van der Waals surface area contributed by atoms with E-state index in [0.29, 0.717) is 26.7 Å². The number of rotatable bonds is 4. The Kier molecular flexibility index (Phi) is 34.3. The number of hydrogen-bond donors (Lipinski definition) is 0. The van der Waals surface area contributed by atoms with E-state index >= 15 is 0 Å². The van der Waals surface area contributed by atoms with Crippen molar-refractivity contribution >= 4 is 92.8 Å². The van der Waals surface area contributed by atoms with Crippen LogP contribution in [0.3, 0.4) is 0 Å². The van der Waals surface area contributed by atoms with Crippen LogP contribution in [0.2, 0.25) is 40.2 Å². The monoisotopic (exact) mass is 1590 g/mol. The third-order valence-electron chi connectivity index (χ3n) is 15.3. The number of hydrogen-bond acceptors (Lipinski definition) is 3. The number of methoxy groups -OCH3 is 3. The summed E-state index contributed by atoms with van der Waals surface area (Å²) in [5.41, 5.74) is 5.46. The molecule has 0 fully saturated rings. The van der Waals surface area contributed by atoms with Crippen LogP contribution in [0.15, 0.2) is 146 Å². The Hall–Kier alpha value is -5.15. The van der Waals surface area contributed by atoms with E-state index in [1.165, 1.54) is 43.0 Å². The molecule has 0 aliphatic rings. The topological polar surface area (TPSA) is 27.7 Å². The third kappa shape index (κ3) is 29.8. The molecule has 0 unspecified atom stereocenters. The lowest BCUT2D eigenvalue weighted by molar-refractivity contribution is -0.144. The zero-order valence-electron chi connectivity index (χ0n) is 63.5. The van der Waals surface area contributed by atoms with Gasteiger partial charge in [-0.25, -0.2) is 0 Å². The van der Waals surface area contributed by atoms with E-state index in [-0.39, 0.29) is 48.8 Å². The van der Waals surface area contributed by atoms with Gasteiger partial charge in [0.2, 0.25) is 0 Å². The zero-order valence-corrected chi connectivity index (χ0v) is 69.6. The number of benzene rings is 8. The molecular weight excluding hydrogens is 1500 g/mol. The van der Waals surface area contributed by atoms with Gasteiger partial charge in [-0.15, -0.1) is 0 Å². The van der Waals surface area contributed by atoms with Crippen molar-refractivity contribution in [2.24, 2.45) is 0 Å². The Morgan fingerprint density at radius 3 is 0.990 bits per heavy atom. The van der Waals surface area contributed by atoms with Crippen molar-refractivity contribution < 1.29 is 53.7 Å². The van der Waals surface area contributed by atoms with Crippen molar-refractivity contribution in [2.45, 2.75) is 209 Å². The second-order valence-electron chi connectivity index (χ2n) is 31.5. The first kappa shape index (κ1) is 93.9. The molecule has 0 spiro atoms. The highest BCUT2D eigenvalue weighted by atomic mass is 35.5. The second kappa shape index (κ2) is 37.6. The Morgan fingerprint density at radius 2 is 0.631 bits per heavy atom. The summed E-state index contributed by atoms with van der Waals surface area (Å²) in [6.07, 6.45) is -14.0. The first-order valence-corrected chi connectivity index (χ1v) is 35.7. The smallest absolute Gasteiger partial charge is 0.416 e. The van der Waals surface area contributed by atoms with Crippen molar-refractivity contribution in [3.63, 3.8) is 0 Å². The summed E-state index contributed by atoms with van der Waals surface area (Å²) in [5, 5.41) is 4.21. The first-order chi connectivity index (χ1) is 46.5. The minimum Gasteiger partial charge on any atom is -0.497 e. The predicted molar refractivity (Wildman–Crippen MR) is 421 cm³/mol. The lowest BCUT2D eigenvalue weighted by atomic mass is 9.82. The molecule has 0 aliphatic carbocycles. The van der Waals surface area contributed by atoms with Crippen LogP contribution < -0.4 is 14.2 Å². The van der Waals surface area contributed by atoms with E-state index in [4.69, 9.17) is 107 Å². The van der Waals surface area contributed by atoms with Gasteiger partial charge in [-0.1, -0.05) is 299 Å². The van der Waals surface area contributed by atoms with Gasteiger partial charge in [0.25, 0.3) is 0 Å². The molecule has 3 nitrogen and oxygen atoms in total. The molecular formula is C83H99Cl8F9O3. The molecule has 8 rings (SSSR count). The SMILES string of the molecule is CC(C)(C)c1c(Cl)cc(C(F)(F)F)cc1Cl.CC(C)(C)c1c(Cl)cc(Cl)cc1Cl.CC(C)(C)c1ccc(C(F)(F)F)cc1C(F)(F)F.CC(C)(C)c1ccccc1-c1ccccc1.COc1ccc(Cl)cc1C(C)(C)C.COc1ccc(OC)c(C(C)(C)C)c1.Cc1cc(Cl)c(C(C)(C)C)c(Cl)c1. The lowest BCUT2D eigenvalue weighted by Gasteiger charge is -2.25. The van der Waals surface area contributed by atoms with Crippen LogP contribution in [0.4, 0.5) is 39.5 Å². The summed E-state index contributed by atoms with van der Waals surface area (Å²) in [5.74, 6) is 2.69. The fourth-order valence-corrected chi connectivity index (χ4v) is 14.2. The maximum absolute atomic E-state index is 12.8. The predicted octanol–water partition coefficient (Wildman–Crippen LogP) is 31.2. The molecule has 0 amide bonds. The van der Waals surface area contributed by atoms with Crippen LogP contribution in [0.25, 0.3) is 11.1 Å². The summed E-state index contributed by atoms with van der Waals surface area (Å²) in [6.45, 7) is 44.2. The summed E-state index contributed by atoms with van der Waals surface area (Å²) < 4.78 is 129. The van der Waals surface area contributed by atoms with Crippen LogP contribution in [-0.4, -0.2) is 21.3 Å². The molecule has 0 atom stereocenters. The summed E-state index contributed by atoms with van der Waals surface area (Å²) in [7, 11) is 5.05. The highest BCUT2D eigenvalue weighted by Crippen LogP contribution is 2.45. The minimum absolute atomic E-state index is 0.00185. The van der Waals surface area contributed by atoms with E-state index in [9.17, 15) is 39.5 Å². The maximum atomic E-state index is 12.8. The van der Waals surface area contributed by atoms with Crippen LogP contribution in [0.5, 0.6) is 17.2 Å². The molecule has 0 saturated carbocycles. The lowest BCUT2D eigenvalue weighted by Crippen LogP contribution is -2.21. The van der Waals surface area contributed by atoms with Crippen molar-refractivity contribution in [3.8, 4) is 28.4 Å². The molecule has 0 N–H and O–H groups in total. The molecule has 0 heterocycles. The van der Waals surface area contributed by atoms with Crippen LogP contribution in [0.1, 0.15) is 207 Å². The van der Waals surface area contributed by atoms with Gasteiger partial charge in [0.15, 0.2) is 0 Å². The largest absolute Gasteiger partial charge is 0.497 e. The van der Waals surface area contributed by atoms with E-state index in [1.807, 2.05) is 76.2 Å². The Morgan fingerprint density at radius 1 is 0.272 bits per heavy atom. The molecule has 103 heavy (non-hydrogen) atoms. The normalized spacial score (nSPS) is 12.2. The van der Waals surface area contributed by atoms with Gasteiger partial charge in [-0.3, -0.25) is 0 Å². The Labute approximate surface area is 647 Å². The third-order valence-corrected chi connectivity index (χ3v) is 17.5. The van der Waals surface area contributed by atoms with Gasteiger partial charge in [-0.2, -0.15) is 39.5 Å². The average molecular weight is 1600 g/mol. The van der Waals surface area contributed by atoms with Crippen molar-refractivity contribution in [3.05, 3.63) is 247 Å². The maximum Gasteiger partial charge on any atom is 0.416 e. The quantitative estimate of drug-likeness (QED) is 0.164. The van der Waals surface area contributed by atoms with E-state index in [2.05, 4.69) is 158 Å². The molecule has 20 heteroatoms. The van der Waals surface area contributed by atoms with E-state index in [1.54, 1.807) is 33.5 Å². The molecule has 0 bridgehead atoms. The summed E-state index contributed by atoms with van der Waals surface area (Å²) in [4.78, 5) is 0. The molecule has 8 aromatic rings. The van der Waals surface area contributed by atoms with Crippen molar-refractivity contribution in [1.29, 1.82) is 0 Å². The van der Waals surface area contributed by atoms with Gasteiger partial charge >= 0.3 is 18.5 Å². The molecule has 8 aromatic carbocycles. The fourth-order valence-electron chi connectivity index (χ4n) is 10.4. The van der Waals surface area contributed by atoms with Crippen LogP contribution in [0, 0.1) is 6.92 Å². The van der Waals surface area contributed by atoms with Gasteiger partial charge in [-0.05, 0) is 174 Å². The molecule has 0 aromatic heterocycles. The number of alkyl halides is 9. The number of ether oxygens (including phenoxy) is 3. The number of aryl methyl sites for hydroxylation is 1. The van der Waals surface area contributed by atoms with E-state index in [0.717, 1.165) is 72.8 Å². The van der Waals surface area contributed by atoms with Gasteiger partial charge in [0.05, 0.1) is 38.0 Å². The van der Waals surface area contributed by atoms with Crippen LogP contribution >= 0.6 is 92.8 Å². The zero-order chi connectivity index (χ0) is 79.9. The first-order valence-electron chi connectivity index (χ1n) is 32.7. The van der Waals surface area contributed by atoms with Crippen LogP contribution in [-0.2, 0) is 56.4 Å². The van der Waals surface area contributed by atoms with E-state index < -0.39 is 46.0 Å². The minimum atomic E-state index is -4.80. The summed E-state index contributed by atoms with van der Waals surface area (Å²) >= 11 is 47.8. The molecule has 0 radical (unpaired) electrons. The molecule has 568 valence electrons. The Bertz CT molecular complexity index is 3900. The average Bonchev–Trinajstić information content (AvgIpc) is 0.795. The highest BCUT2D eigenvalue weighted by molar-refractivity contribution is 6.39. The van der Waals surface area contributed by atoms with Crippen molar-refractivity contribution in [1.82, 2.24) is 0 Å². The summed E-state index contributed by atoms with van der Waals surface area (Å²) in [6, 6.07) is 41.7. The second-order valence-corrected chi connectivity index (χ2v) is 34.8. The Balaban J connectivity index is 0.000000410. The van der Waals surface area contributed by atoms with Gasteiger partial charge < -0.3 is 14.2 Å². The van der Waals surface area contributed by atoms with Gasteiger partial charge in [0.1, 0.15) is 17.2 Å². The fraction of sp³-hybridized carbons (Fsp3) is 0.422.